The Bertz CT molecular complexity index is 789. The molecule has 7 nitrogen and oxygen atoms in total. The van der Waals surface area contributed by atoms with Crippen molar-refractivity contribution >= 4 is 0 Å². The Morgan fingerprint density at radius 3 is 3.04 bits per heavy atom. The minimum Gasteiger partial charge on any atom is -0.493 e. The first-order chi connectivity index (χ1) is 12.7. The number of nitrogens with zero attached hydrogens (tertiary/aromatic N) is 2. The Kier molecular flexibility index (Phi) is 4.74. The molecule has 2 aliphatic heterocycles. The molecular formula is C19H25N3O4. The van der Waals surface area contributed by atoms with Gasteiger partial charge >= 0.3 is 0 Å². The average Bonchev–Trinajstić information content (AvgIpc) is 3.28. The molecule has 2 aliphatic rings. The normalized spacial score (nSPS) is 19.7. The molecule has 0 saturated carbocycles. The lowest BCUT2D eigenvalue weighted by Crippen LogP contribution is -2.38. The number of ether oxygens (including phenoxy) is 3. The summed E-state index contributed by atoms with van der Waals surface area (Å²) in [7, 11) is 1.61. The van der Waals surface area contributed by atoms with Gasteiger partial charge < -0.3 is 24.4 Å². The van der Waals surface area contributed by atoms with E-state index >= 15 is 0 Å². The van der Waals surface area contributed by atoms with Crippen molar-refractivity contribution in [3.05, 3.63) is 23.6 Å². The molecule has 0 radical (unpaired) electrons. The highest BCUT2D eigenvalue weighted by atomic mass is 16.7. The summed E-state index contributed by atoms with van der Waals surface area (Å²) < 4.78 is 22.3. The second-order valence-corrected chi connectivity index (χ2v) is 6.91. The third kappa shape index (κ3) is 3.24. The van der Waals surface area contributed by atoms with Gasteiger partial charge in [-0.1, -0.05) is 0 Å². The highest BCUT2D eigenvalue weighted by Gasteiger charge is 2.24. The van der Waals surface area contributed by atoms with Crippen molar-refractivity contribution in [1.82, 2.24) is 9.88 Å². The van der Waals surface area contributed by atoms with Crippen LogP contribution in [0.25, 0.3) is 11.5 Å². The van der Waals surface area contributed by atoms with E-state index in [1.165, 1.54) is 12.8 Å². The number of hydrogen-bond donors (Lipinski definition) is 1. The first kappa shape index (κ1) is 17.2. The smallest absolute Gasteiger partial charge is 0.231 e. The van der Waals surface area contributed by atoms with Crippen molar-refractivity contribution in [2.75, 3.05) is 33.5 Å². The van der Waals surface area contributed by atoms with E-state index in [2.05, 4.69) is 4.90 Å². The number of nitrogens with two attached hydrogens (primary N) is 1. The highest BCUT2D eigenvalue weighted by Crippen LogP contribution is 2.44. The molecule has 0 amide bonds. The molecule has 1 aromatic carbocycles. The Morgan fingerprint density at radius 1 is 1.35 bits per heavy atom. The fraction of sp³-hybridized carbons (Fsp3) is 0.526. The summed E-state index contributed by atoms with van der Waals surface area (Å²) in [6.45, 7) is 5.79. The Morgan fingerprint density at radius 2 is 2.23 bits per heavy atom. The first-order valence-electron chi connectivity index (χ1n) is 9.04. The van der Waals surface area contributed by atoms with Gasteiger partial charge in [0.1, 0.15) is 5.76 Å². The molecule has 7 heteroatoms. The van der Waals surface area contributed by atoms with E-state index in [-0.39, 0.29) is 6.79 Å². The number of benzene rings is 1. The summed E-state index contributed by atoms with van der Waals surface area (Å²) in [4.78, 5) is 7.15. The molecule has 3 heterocycles. The predicted molar refractivity (Wildman–Crippen MR) is 96.4 cm³/mol. The number of hydrogen-bond acceptors (Lipinski definition) is 7. The van der Waals surface area contributed by atoms with Crippen LogP contribution < -0.4 is 19.9 Å². The highest BCUT2D eigenvalue weighted by molar-refractivity contribution is 5.66. The third-order valence-electron chi connectivity index (χ3n) is 5.11. The van der Waals surface area contributed by atoms with Crippen molar-refractivity contribution in [2.24, 2.45) is 11.7 Å². The monoisotopic (exact) mass is 359 g/mol. The lowest BCUT2D eigenvalue weighted by atomic mass is 9.98. The first-order valence-corrected chi connectivity index (χ1v) is 9.04. The van der Waals surface area contributed by atoms with Gasteiger partial charge in [-0.25, -0.2) is 4.98 Å². The number of oxazole rings is 1. The molecule has 4 rings (SSSR count). The second kappa shape index (κ2) is 7.17. The molecule has 2 aromatic rings. The quantitative estimate of drug-likeness (QED) is 0.878. The zero-order valence-corrected chi connectivity index (χ0v) is 15.3. The number of likely N-dealkylation sites (tertiary alicyclic amines) is 1. The van der Waals surface area contributed by atoms with Crippen molar-refractivity contribution < 1.29 is 18.6 Å². The fourth-order valence-electron chi connectivity index (χ4n) is 3.65. The molecule has 0 spiro atoms. The maximum atomic E-state index is 5.94. The summed E-state index contributed by atoms with van der Waals surface area (Å²) in [6.07, 6.45) is 2.40. The maximum absolute atomic E-state index is 5.94. The van der Waals surface area contributed by atoms with E-state index in [9.17, 15) is 0 Å². The van der Waals surface area contributed by atoms with Gasteiger partial charge in [-0.3, -0.25) is 4.90 Å². The number of rotatable bonds is 5. The van der Waals surface area contributed by atoms with Crippen LogP contribution in [0.15, 0.2) is 16.5 Å². The molecule has 1 fully saturated rings. The van der Waals surface area contributed by atoms with Crippen molar-refractivity contribution in [1.29, 1.82) is 0 Å². The van der Waals surface area contributed by atoms with Crippen LogP contribution in [0.4, 0.5) is 0 Å². The molecule has 0 aliphatic carbocycles. The zero-order chi connectivity index (χ0) is 18.1. The van der Waals surface area contributed by atoms with E-state index in [1.807, 2.05) is 19.1 Å². The summed E-state index contributed by atoms with van der Waals surface area (Å²) in [6, 6.07) is 3.75. The Labute approximate surface area is 153 Å². The van der Waals surface area contributed by atoms with Crippen LogP contribution in [0, 0.1) is 12.8 Å². The summed E-state index contributed by atoms with van der Waals surface area (Å²) in [5, 5.41) is 0. The van der Waals surface area contributed by atoms with Gasteiger partial charge in [0.25, 0.3) is 0 Å². The number of methoxy groups -OCH3 is 1. The van der Waals surface area contributed by atoms with Gasteiger partial charge in [0.15, 0.2) is 11.5 Å². The van der Waals surface area contributed by atoms with Gasteiger partial charge in [0.05, 0.1) is 12.8 Å². The molecule has 1 atom stereocenters. The van der Waals surface area contributed by atoms with Crippen molar-refractivity contribution in [2.45, 2.75) is 26.3 Å². The minimum absolute atomic E-state index is 0.197. The van der Waals surface area contributed by atoms with Gasteiger partial charge in [0, 0.05) is 18.7 Å². The number of fused-ring (bicyclic) bond motifs is 1. The van der Waals surface area contributed by atoms with Gasteiger partial charge in [-0.15, -0.1) is 0 Å². The summed E-state index contributed by atoms with van der Waals surface area (Å²) >= 11 is 0. The van der Waals surface area contributed by atoms with Crippen LogP contribution in [0.1, 0.15) is 24.3 Å². The van der Waals surface area contributed by atoms with Gasteiger partial charge in [0.2, 0.25) is 18.4 Å². The molecule has 1 saturated heterocycles. The van der Waals surface area contributed by atoms with E-state index in [4.69, 9.17) is 29.3 Å². The number of aryl methyl sites for hydroxylation is 1. The van der Waals surface area contributed by atoms with Crippen LogP contribution in [0.5, 0.6) is 17.2 Å². The van der Waals surface area contributed by atoms with Crippen molar-refractivity contribution in [3.63, 3.8) is 0 Å². The largest absolute Gasteiger partial charge is 0.493 e. The number of aromatic nitrogens is 1. The molecule has 0 unspecified atom stereocenters. The van der Waals surface area contributed by atoms with Crippen molar-refractivity contribution in [3.8, 4) is 28.7 Å². The molecule has 26 heavy (non-hydrogen) atoms. The average molecular weight is 359 g/mol. The summed E-state index contributed by atoms with van der Waals surface area (Å²) in [5.41, 5.74) is 7.63. The maximum Gasteiger partial charge on any atom is 0.231 e. The lowest BCUT2D eigenvalue weighted by molar-refractivity contribution is 0.169. The fourth-order valence-corrected chi connectivity index (χ4v) is 3.65. The molecule has 1 aromatic heterocycles. The molecule has 140 valence electrons. The predicted octanol–water partition coefficient (Wildman–Crippen LogP) is 2.56. The van der Waals surface area contributed by atoms with Gasteiger partial charge in [-0.2, -0.15) is 0 Å². The molecule has 2 N–H and O–H groups in total. The summed E-state index contributed by atoms with van der Waals surface area (Å²) in [5.74, 6) is 3.88. The van der Waals surface area contributed by atoms with Crippen LogP contribution in [0.3, 0.4) is 0 Å². The zero-order valence-electron chi connectivity index (χ0n) is 15.3. The van der Waals surface area contributed by atoms with Crippen LogP contribution in [-0.4, -0.2) is 43.4 Å². The van der Waals surface area contributed by atoms with Crippen LogP contribution in [0.2, 0.25) is 0 Å². The van der Waals surface area contributed by atoms with E-state index in [1.54, 1.807) is 7.11 Å². The lowest BCUT2D eigenvalue weighted by Gasteiger charge is -2.31. The minimum atomic E-state index is 0.197. The van der Waals surface area contributed by atoms with E-state index < -0.39 is 0 Å². The molecule has 0 bridgehead atoms. The molecular weight excluding hydrogens is 334 g/mol. The third-order valence-corrected chi connectivity index (χ3v) is 5.11. The SMILES string of the molecule is COc1cc(-c2nc(CN3CCC[C@@H](CN)C3)c(C)o2)cc2c1OCO2. The Hall–Kier alpha value is -2.25. The van der Waals surface area contributed by atoms with Crippen LogP contribution >= 0.6 is 0 Å². The Balaban J connectivity index is 1.57. The van der Waals surface area contributed by atoms with E-state index in [0.717, 1.165) is 43.2 Å². The number of piperidine rings is 1. The standard InChI is InChI=1S/C19H25N3O4/c1-12-15(10-22-5-3-4-13(8-20)9-22)21-19(26-12)14-6-16(23-2)18-17(7-14)24-11-25-18/h6-7,13H,3-5,8-11,20H2,1-2H3/t13-/m0/s1. The van der Waals surface area contributed by atoms with Crippen LogP contribution in [-0.2, 0) is 6.54 Å². The van der Waals surface area contributed by atoms with Gasteiger partial charge in [-0.05, 0) is 50.9 Å². The topological polar surface area (TPSA) is 83.0 Å². The second-order valence-electron chi connectivity index (χ2n) is 6.91. The van der Waals surface area contributed by atoms with E-state index in [0.29, 0.717) is 29.1 Å².